The number of hydrogen-bond acceptors (Lipinski definition) is 2. The summed E-state index contributed by atoms with van der Waals surface area (Å²) < 4.78 is 0. The molecule has 2 amide bonds. The third-order valence-electron chi connectivity index (χ3n) is 3.29. The Balaban J connectivity index is 1.96. The Morgan fingerprint density at radius 3 is 2.56 bits per heavy atom. The third-order valence-corrected chi connectivity index (χ3v) is 3.59. The predicted molar refractivity (Wildman–Crippen MR) is 77.5 cm³/mol. The molecule has 1 fully saturated rings. The van der Waals surface area contributed by atoms with Gasteiger partial charge in [0.15, 0.2) is 0 Å². The number of hydrogen-bond donors (Lipinski definition) is 1. The fraction of sp³-hybridized carbons (Fsp3) is 0.500. The van der Waals surface area contributed by atoms with Crippen molar-refractivity contribution in [1.82, 2.24) is 4.90 Å². The number of benzene rings is 1. The van der Waals surface area contributed by atoms with Gasteiger partial charge in [-0.15, -0.1) is 12.6 Å². The second kappa shape index (κ2) is 6.14. The van der Waals surface area contributed by atoms with Crippen LogP contribution in [0.15, 0.2) is 29.2 Å². The van der Waals surface area contributed by atoms with Gasteiger partial charge in [-0.1, -0.05) is 19.8 Å². The highest BCUT2D eigenvalue weighted by molar-refractivity contribution is 7.80. The van der Waals surface area contributed by atoms with E-state index < -0.39 is 0 Å². The third kappa shape index (κ3) is 2.99. The minimum Gasteiger partial charge on any atom is -0.323 e. The SMILES string of the molecule is CCCCCN1CCN(c2ccc(S)cc2)C1=O. The van der Waals surface area contributed by atoms with Crippen LogP contribution in [0.5, 0.6) is 0 Å². The van der Waals surface area contributed by atoms with Gasteiger partial charge in [0.1, 0.15) is 0 Å². The molecule has 0 saturated carbocycles. The van der Waals surface area contributed by atoms with Crippen LogP contribution < -0.4 is 4.90 Å². The summed E-state index contributed by atoms with van der Waals surface area (Å²) in [4.78, 5) is 16.9. The molecule has 1 aromatic carbocycles. The Hall–Kier alpha value is -1.16. The van der Waals surface area contributed by atoms with Crippen LogP contribution in [0.2, 0.25) is 0 Å². The highest BCUT2D eigenvalue weighted by Gasteiger charge is 2.28. The number of unbranched alkanes of at least 4 members (excludes halogenated alkanes) is 2. The van der Waals surface area contributed by atoms with Crippen molar-refractivity contribution in [2.75, 3.05) is 24.5 Å². The highest BCUT2D eigenvalue weighted by atomic mass is 32.1. The van der Waals surface area contributed by atoms with Crippen LogP contribution in [0.3, 0.4) is 0 Å². The molecule has 0 N–H and O–H groups in total. The molecule has 0 aliphatic carbocycles. The predicted octanol–water partition coefficient (Wildman–Crippen LogP) is 3.41. The number of nitrogens with zero attached hydrogens (tertiary/aromatic N) is 2. The largest absolute Gasteiger partial charge is 0.324 e. The summed E-state index contributed by atoms with van der Waals surface area (Å²) in [6.45, 7) is 4.69. The van der Waals surface area contributed by atoms with Crippen LogP contribution in [0.4, 0.5) is 10.5 Å². The Labute approximate surface area is 114 Å². The van der Waals surface area contributed by atoms with Crippen molar-refractivity contribution in [2.45, 2.75) is 31.1 Å². The van der Waals surface area contributed by atoms with Crippen molar-refractivity contribution in [1.29, 1.82) is 0 Å². The van der Waals surface area contributed by atoms with Gasteiger partial charge in [-0.3, -0.25) is 4.90 Å². The van der Waals surface area contributed by atoms with E-state index in [-0.39, 0.29) is 6.03 Å². The van der Waals surface area contributed by atoms with Gasteiger partial charge in [0, 0.05) is 30.2 Å². The molecule has 0 unspecified atom stereocenters. The van der Waals surface area contributed by atoms with Crippen LogP contribution in [0.1, 0.15) is 26.2 Å². The average Bonchev–Trinajstić information content (AvgIpc) is 2.73. The van der Waals surface area contributed by atoms with Crippen molar-refractivity contribution in [3.05, 3.63) is 24.3 Å². The highest BCUT2D eigenvalue weighted by Crippen LogP contribution is 2.22. The summed E-state index contributed by atoms with van der Waals surface area (Å²) in [5.74, 6) is 0. The summed E-state index contributed by atoms with van der Waals surface area (Å²) in [6, 6.07) is 7.89. The van der Waals surface area contributed by atoms with Gasteiger partial charge in [-0.25, -0.2) is 4.79 Å². The van der Waals surface area contributed by atoms with Crippen LogP contribution in [0.25, 0.3) is 0 Å². The van der Waals surface area contributed by atoms with Crippen LogP contribution in [-0.2, 0) is 0 Å². The Bertz CT molecular complexity index is 405. The molecule has 0 atom stereocenters. The van der Waals surface area contributed by atoms with Crippen molar-refractivity contribution >= 4 is 24.3 Å². The molecular weight excluding hydrogens is 244 g/mol. The molecule has 1 aliphatic heterocycles. The van der Waals surface area contributed by atoms with Gasteiger partial charge in [0.05, 0.1) is 0 Å². The van der Waals surface area contributed by atoms with Crippen molar-refractivity contribution < 1.29 is 4.79 Å². The Morgan fingerprint density at radius 1 is 1.17 bits per heavy atom. The second-order valence-corrected chi connectivity index (χ2v) is 5.16. The molecule has 2 rings (SSSR count). The Kier molecular flexibility index (Phi) is 4.53. The topological polar surface area (TPSA) is 23.6 Å². The standard InChI is InChI=1S/C14H20N2OS/c1-2-3-4-9-15-10-11-16(14(15)17)12-5-7-13(18)8-6-12/h5-8,18H,2-4,9-11H2,1H3. The molecule has 1 heterocycles. The molecule has 1 saturated heterocycles. The molecule has 1 aliphatic rings. The molecule has 1 aromatic rings. The summed E-state index contributed by atoms with van der Waals surface area (Å²) in [7, 11) is 0. The fourth-order valence-electron chi connectivity index (χ4n) is 2.21. The monoisotopic (exact) mass is 264 g/mol. The quantitative estimate of drug-likeness (QED) is 0.639. The summed E-state index contributed by atoms with van der Waals surface area (Å²) in [5, 5.41) is 0. The van der Waals surface area contributed by atoms with E-state index in [1.165, 1.54) is 12.8 Å². The van der Waals surface area contributed by atoms with Gasteiger partial charge in [-0.05, 0) is 30.7 Å². The van der Waals surface area contributed by atoms with E-state index in [4.69, 9.17) is 0 Å². The van der Waals surface area contributed by atoms with Gasteiger partial charge >= 0.3 is 6.03 Å². The summed E-state index contributed by atoms with van der Waals surface area (Å²) in [5.41, 5.74) is 0.968. The first-order valence-electron chi connectivity index (χ1n) is 6.58. The fourth-order valence-corrected chi connectivity index (χ4v) is 2.36. The van der Waals surface area contributed by atoms with E-state index in [9.17, 15) is 4.79 Å². The number of rotatable bonds is 5. The van der Waals surface area contributed by atoms with Gasteiger partial charge < -0.3 is 4.90 Å². The summed E-state index contributed by atoms with van der Waals surface area (Å²) in [6.07, 6.45) is 3.49. The molecule has 18 heavy (non-hydrogen) atoms. The van der Waals surface area contributed by atoms with Crippen molar-refractivity contribution in [3.63, 3.8) is 0 Å². The molecular formula is C14H20N2OS. The molecule has 98 valence electrons. The van der Waals surface area contributed by atoms with E-state index in [1.54, 1.807) is 0 Å². The van der Waals surface area contributed by atoms with Gasteiger partial charge in [0.25, 0.3) is 0 Å². The number of thiol groups is 1. The lowest BCUT2D eigenvalue weighted by atomic mass is 10.2. The lowest BCUT2D eigenvalue weighted by Gasteiger charge is -2.18. The molecule has 0 spiro atoms. The normalized spacial score (nSPS) is 15.6. The van der Waals surface area contributed by atoms with Crippen LogP contribution >= 0.6 is 12.6 Å². The zero-order valence-corrected chi connectivity index (χ0v) is 11.7. The number of carbonyl (C=O) groups excluding carboxylic acids is 1. The maximum absolute atomic E-state index is 12.2. The molecule has 4 heteroatoms. The van der Waals surface area contributed by atoms with Gasteiger partial charge in [0.2, 0.25) is 0 Å². The molecule has 3 nitrogen and oxygen atoms in total. The first-order valence-corrected chi connectivity index (χ1v) is 7.02. The van der Waals surface area contributed by atoms with Gasteiger partial charge in [-0.2, -0.15) is 0 Å². The van der Waals surface area contributed by atoms with Crippen LogP contribution in [0, 0.1) is 0 Å². The second-order valence-electron chi connectivity index (χ2n) is 4.64. The zero-order valence-electron chi connectivity index (χ0n) is 10.8. The molecule has 0 bridgehead atoms. The first kappa shape index (κ1) is 13.3. The van der Waals surface area contributed by atoms with Crippen molar-refractivity contribution in [2.24, 2.45) is 0 Å². The number of anilines is 1. The first-order chi connectivity index (χ1) is 8.72. The van der Waals surface area contributed by atoms with E-state index >= 15 is 0 Å². The average molecular weight is 264 g/mol. The number of carbonyl (C=O) groups is 1. The lowest BCUT2D eigenvalue weighted by Crippen LogP contribution is -2.32. The van der Waals surface area contributed by atoms with Crippen LogP contribution in [-0.4, -0.2) is 30.6 Å². The van der Waals surface area contributed by atoms with E-state index in [2.05, 4.69) is 19.6 Å². The minimum atomic E-state index is 0.137. The molecule has 0 aromatic heterocycles. The van der Waals surface area contributed by atoms with E-state index in [1.807, 2.05) is 34.1 Å². The molecule has 0 radical (unpaired) electrons. The maximum atomic E-state index is 12.2. The van der Waals surface area contributed by atoms with Crippen molar-refractivity contribution in [3.8, 4) is 0 Å². The zero-order chi connectivity index (χ0) is 13.0. The Morgan fingerprint density at radius 2 is 1.89 bits per heavy atom. The smallest absolute Gasteiger partial charge is 0.323 e. The summed E-state index contributed by atoms with van der Waals surface area (Å²) >= 11 is 4.26. The van der Waals surface area contributed by atoms with E-state index in [0.717, 1.165) is 36.6 Å². The van der Waals surface area contributed by atoms with E-state index in [0.29, 0.717) is 0 Å². The number of amides is 2. The maximum Gasteiger partial charge on any atom is 0.324 e. The minimum absolute atomic E-state index is 0.137. The lowest BCUT2D eigenvalue weighted by molar-refractivity contribution is 0.219. The number of urea groups is 1.